The normalized spacial score (nSPS) is 20.7. The minimum Gasteiger partial charge on any atom is -0.495 e. The van der Waals surface area contributed by atoms with Gasteiger partial charge in [0.05, 0.1) is 29.0 Å². The molecule has 1 N–H and O–H groups in total. The third-order valence-corrected chi connectivity index (χ3v) is 6.43. The maximum atomic E-state index is 10.2. The van der Waals surface area contributed by atoms with Crippen LogP contribution < -0.4 is 4.90 Å². The van der Waals surface area contributed by atoms with Crippen molar-refractivity contribution in [2.24, 2.45) is 11.3 Å². The summed E-state index contributed by atoms with van der Waals surface area (Å²) in [4.78, 5) is 6.21. The number of hydrogen-bond donors (Lipinski definition) is 1. The largest absolute Gasteiger partial charge is 0.495 e. The van der Waals surface area contributed by atoms with Gasteiger partial charge >= 0.3 is 0 Å². The van der Waals surface area contributed by atoms with Crippen LogP contribution in [0.3, 0.4) is 0 Å². The Bertz CT molecular complexity index is 1200. The molecule has 1 aliphatic rings. The average Bonchev–Trinajstić information content (AvgIpc) is 3.39. The van der Waals surface area contributed by atoms with E-state index in [0.29, 0.717) is 29.6 Å². The number of allylic oxidation sites excluding steroid dienone is 1. The minimum absolute atomic E-state index is 0.0497. The van der Waals surface area contributed by atoms with Crippen molar-refractivity contribution in [3.8, 4) is 6.07 Å². The van der Waals surface area contributed by atoms with Crippen molar-refractivity contribution in [1.82, 2.24) is 14.7 Å². The van der Waals surface area contributed by atoms with Crippen LogP contribution in [-0.2, 0) is 6.54 Å². The molecule has 2 atom stereocenters. The lowest BCUT2D eigenvalue weighted by molar-refractivity contribution is 0.136. The van der Waals surface area contributed by atoms with Gasteiger partial charge in [-0.25, -0.2) is 4.98 Å². The van der Waals surface area contributed by atoms with Crippen LogP contribution in [0.1, 0.15) is 50.8 Å². The second-order valence-corrected chi connectivity index (χ2v) is 9.32. The van der Waals surface area contributed by atoms with E-state index in [1.807, 2.05) is 25.4 Å². The number of aromatic nitrogens is 3. The molecule has 7 heteroatoms. The zero-order chi connectivity index (χ0) is 22.9. The maximum Gasteiger partial charge on any atom is 0.234 e. The summed E-state index contributed by atoms with van der Waals surface area (Å²) in [5.74, 6) is 0.791. The van der Waals surface area contributed by atoms with E-state index < -0.39 is 0 Å². The van der Waals surface area contributed by atoms with E-state index in [0.717, 1.165) is 48.8 Å². The molecule has 1 fully saturated rings. The number of fused-ring (bicyclic) bond motifs is 1. The van der Waals surface area contributed by atoms with Gasteiger partial charge in [-0.3, -0.25) is 4.90 Å². The molecular weight excluding hydrogens is 402 g/mol. The molecule has 7 nitrogen and oxygen atoms in total. The van der Waals surface area contributed by atoms with Crippen LogP contribution in [0.4, 0.5) is 5.88 Å². The maximum absolute atomic E-state index is 10.2. The third kappa shape index (κ3) is 4.40. The number of aliphatic hydroxyl groups excluding tert-OH is 1. The highest BCUT2D eigenvalue weighted by molar-refractivity contribution is 5.77. The van der Waals surface area contributed by atoms with E-state index in [4.69, 9.17) is 4.52 Å². The first-order valence-electron chi connectivity index (χ1n) is 10.9. The van der Waals surface area contributed by atoms with Gasteiger partial charge in [0, 0.05) is 19.2 Å². The molecule has 32 heavy (non-hydrogen) atoms. The minimum atomic E-state index is -0.0497. The molecule has 2 unspecified atom stereocenters. The molecule has 0 amide bonds. The molecule has 0 bridgehead atoms. The topological polar surface area (TPSA) is 91.1 Å². The number of anilines is 1. The first-order chi connectivity index (χ1) is 15.3. The number of imidazole rings is 1. The van der Waals surface area contributed by atoms with Crippen molar-refractivity contribution in [3.05, 3.63) is 60.9 Å². The molecule has 1 saturated carbocycles. The highest BCUT2D eigenvalue weighted by Crippen LogP contribution is 2.42. The zero-order valence-corrected chi connectivity index (χ0v) is 18.7. The van der Waals surface area contributed by atoms with Crippen LogP contribution in [0.5, 0.6) is 0 Å². The van der Waals surface area contributed by atoms with Crippen LogP contribution in [0.25, 0.3) is 16.6 Å². The van der Waals surface area contributed by atoms with Gasteiger partial charge in [-0.05, 0) is 67.9 Å². The monoisotopic (exact) mass is 431 g/mol. The fourth-order valence-corrected chi connectivity index (χ4v) is 4.86. The molecule has 0 saturated heterocycles. The number of nitrogens with zero attached hydrogens (tertiary/aromatic N) is 5. The summed E-state index contributed by atoms with van der Waals surface area (Å²) < 4.78 is 7.62. The Hall–Kier alpha value is -3.53. The molecule has 2 aromatic heterocycles. The Kier molecular flexibility index (Phi) is 5.79. The Labute approximate surface area is 188 Å². The standard InChI is InChI=1S/C25H29N5O2/c1-17(2)22-11-24(32-28-22)30(18(3)31)14-20-6-5-9-25(4,12-20)15-29-16-27-21-8-7-19(13-26)10-23(21)29/h7-8,10-11,16,20,31H,1,3,5-6,9,12,14-15H2,2,4H3. The third-order valence-electron chi connectivity index (χ3n) is 6.43. The molecule has 2 heterocycles. The van der Waals surface area contributed by atoms with Gasteiger partial charge in [0.1, 0.15) is 5.69 Å². The van der Waals surface area contributed by atoms with E-state index in [9.17, 15) is 10.4 Å². The number of rotatable bonds is 7. The summed E-state index contributed by atoms with van der Waals surface area (Å²) in [5, 5.41) is 23.5. The predicted octanol–water partition coefficient (Wildman–Crippen LogP) is 5.66. The van der Waals surface area contributed by atoms with Gasteiger partial charge in [0.2, 0.25) is 5.88 Å². The second kappa shape index (κ2) is 8.54. The van der Waals surface area contributed by atoms with Gasteiger partial charge < -0.3 is 14.2 Å². The lowest BCUT2D eigenvalue weighted by Gasteiger charge is -2.40. The number of hydrogen-bond acceptors (Lipinski definition) is 6. The SMILES string of the molecule is C=C(C)c1cc(N(CC2CCCC(C)(Cn3cnc4ccc(C#N)cc43)C2)C(=C)O)on1. The van der Waals surface area contributed by atoms with Gasteiger partial charge in [0.15, 0.2) is 5.88 Å². The quantitative estimate of drug-likeness (QED) is 0.485. The van der Waals surface area contributed by atoms with Gasteiger partial charge in [-0.2, -0.15) is 5.26 Å². The summed E-state index contributed by atoms with van der Waals surface area (Å²) in [6.07, 6.45) is 6.16. The van der Waals surface area contributed by atoms with E-state index in [2.05, 4.69) is 40.9 Å². The van der Waals surface area contributed by atoms with E-state index in [-0.39, 0.29) is 11.3 Å². The smallest absolute Gasteiger partial charge is 0.234 e. The Morgan fingerprint density at radius 3 is 2.91 bits per heavy atom. The van der Waals surface area contributed by atoms with Crippen molar-refractivity contribution in [1.29, 1.82) is 5.26 Å². The molecule has 1 aliphatic carbocycles. The molecule has 166 valence electrons. The Balaban J connectivity index is 1.51. The van der Waals surface area contributed by atoms with E-state index in [1.54, 1.807) is 17.0 Å². The zero-order valence-electron chi connectivity index (χ0n) is 18.7. The molecule has 4 rings (SSSR count). The highest BCUT2D eigenvalue weighted by Gasteiger charge is 2.34. The Morgan fingerprint density at radius 2 is 2.22 bits per heavy atom. The van der Waals surface area contributed by atoms with Gasteiger partial charge in [0.25, 0.3) is 0 Å². The molecule has 0 aliphatic heterocycles. The first kappa shape index (κ1) is 21.7. The van der Waals surface area contributed by atoms with Crippen LogP contribution in [0, 0.1) is 22.7 Å². The van der Waals surface area contributed by atoms with Crippen molar-refractivity contribution in [2.75, 3.05) is 11.4 Å². The van der Waals surface area contributed by atoms with Crippen molar-refractivity contribution >= 4 is 22.5 Å². The fourth-order valence-electron chi connectivity index (χ4n) is 4.86. The van der Waals surface area contributed by atoms with Crippen LogP contribution >= 0.6 is 0 Å². The average molecular weight is 432 g/mol. The summed E-state index contributed by atoms with van der Waals surface area (Å²) in [5.41, 5.74) is 4.09. The fraction of sp³-hybridized carbons (Fsp3) is 0.400. The number of nitriles is 1. The lowest BCUT2D eigenvalue weighted by atomic mass is 9.70. The van der Waals surface area contributed by atoms with Gasteiger partial charge in [-0.1, -0.05) is 25.1 Å². The molecule has 0 radical (unpaired) electrons. The van der Waals surface area contributed by atoms with Crippen LogP contribution in [-0.4, -0.2) is 26.4 Å². The molecule has 0 spiro atoms. The molecular formula is C25H29N5O2. The summed E-state index contributed by atoms with van der Waals surface area (Å²) in [6.45, 7) is 13.2. The predicted molar refractivity (Wildman–Crippen MR) is 125 cm³/mol. The second-order valence-electron chi connectivity index (χ2n) is 9.32. The van der Waals surface area contributed by atoms with Crippen molar-refractivity contribution < 1.29 is 9.63 Å². The van der Waals surface area contributed by atoms with E-state index >= 15 is 0 Å². The van der Waals surface area contributed by atoms with Crippen LogP contribution in [0.2, 0.25) is 0 Å². The highest BCUT2D eigenvalue weighted by atomic mass is 16.5. The van der Waals surface area contributed by atoms with Crippen LogP contribution in [0.15, 0.2) is 54.2 Å². The van der Waals surface area contributed by atoms with Crippen molar-refractivity contribution in [3.63, 3.8) is 0 Å². The number of aliphatic hydroxyl groups is 1. The lowest BCUT2D eigenvalue weighted by Crippen LogP contribution is -2.36. The van der Waals surface area contributed by atoms with E-state index in [1.165, 1.54) is 0 Å². The Morgan fingerprint density at radius 1 is 1.41 bits per heavy atom. The number of benzene rings is 1. The first-order valence-corrected chi connectivity index (χ1v) is 10.9. The molecule has 3 aromatic rings. The summed E-state index contributed by atoms with van der Waals surface area (Å²) >= 11 is 0. The van der Waals surface area contributed by atoms with Gasteiger partial charge in [-0.15, -0.1) is 0 Å². The summed E-state index contributed by atoms with van der Waals surface area (Å²) in [7, 11) is 0. The molecule has 1 aromatic carbocycles. The van der Waals surface area contributed by atoms with Crippen molar-refractivity contribution in [2.45, 2.75) is 46.1 Å². The summed E-state index contributed by atoms with van der Waals surface area (Å²) in [6, 6.07) is 9.62.